The van der Waals surface area contributed by atoms with Gasteiger partial charge in [0.1, 0.15) is 11.5 Å². The number of rotatable bonds is 5. The summed E-state index contributed by atoms with van der Waals surface area (Å²) in [5.74, 6) is -0.682. The molecule has 0 saturated carbocycles. The lowest BCUT2D eigenvalue weighted by Gasteiger charge is -2.19. The summed E-state index contributed by atoms with van der Waals surface area (Å²) in [5.41, 5.74) is 5.78. The van der Waals surface area contributed by atoms with Crippen molar-refractivity contribution in [3.63, 3.8) is 0 Å². The minimum atomic E-state index is -0.585. The number of hydrazone groups is 1. The first-order valence-electron chi connectivity index (χ1n) is 6.62. The van der Waals surface area contributed by atoms with Gasteiger partial charge in [-0.25, -0.2) is 5.01 Å². The molecule has 3 amide bonds. The van der Waals surface area contributed by atoms with Gasteiger partial charge in [-0.1, -0.05) is 6.07 Å². The molecule has 0 aliphatic carbocycles. The number of nitrogens with two attached hydrogens (primary N) is 1. The van der Waals surface area contributed by atoms with E-state index in [-0.39, 0.29) is 30.6 Å². The highest BCUT2D eigenvalue weighted by Crippen LogP contribution is 2.18. The monoisotopic (exact) mass is 304 g/mol. The molecule has 0 radical (unpaired) electrons. The third-order valence-electron chi connectivity index (χ3n) is 2.94. The number of amides is 3. The molecule has 1 aliphatic heterocycles. The van der Waals surface area contributed by atoms with Crippen LogP contribution in [0, 0.1) is 0 Å². The third-order valence-corrected chi connectivity index (χ3v) is 2.94. The number of benzene rings is 1. The number of hydrogen-bond acceptors (Lipinski definition) is 5. The fraction of sp³-hybridized carbons (Fsp3) is 0.286. The van der Waals surface area contributed by atoms with E-state index in [1.807, 2.05) is 0 Å². The number of anilines is 1. The van der Waals surface area contributed by atoms with E-state index >= 15 is 0 Å². The molecule has 8 nitrogen and oxygen atoms in total. The zero-order chi connectivity index (χ0) is 16.1. The Hall–Kier alpha value is -2.90. The quantitative estimate of drug-likeness (QED) is 0.802. The highest BCUT2D eigenvalue weighted by atomic mass is 16.5. The normalized spacial score (nSPS) is 14.3. The predicted molar refractivity (Wildman–Crippen MR) is 79.2 cm³/mol. The molecule has 116 valence electrons. The van der Waals surface area contributed by atoms with Crippen LogP contribution in [0.15, 0.2) is 29.4 Å². The minimum Gasteiger partial charge on any atom is -0.484 e. The van der Waals surface area contributed by atoms with E-state index in [1.165, 1.54) is 7.05 Å². The summed E-state index contributed by atoms with van der Waals surface area (Å²) in [6, 6.07) is 6.56. The van der Waals surface area contributed by atoms with Gasteiger partial charge in [0, 0.05) is 31.6 Å². The zero-order valence-corrected chi connectivity index (χ0v) is 12.0. The highest BCUT2D eigenvalue weighted by molar-refractivity contribution is 6.43. The van der Waals surface area contributed by atoms with Gasteiger partial charge in [-0.2, -0.15) is 5.10 Å². The smallest absolute Gasteiger partial charge is 0.271 e. The van der Waals surface area contributed by atoms with E-state index in [0.29, 0.717) is 17.9 Å². The van der Waals surface area contributed by atoms with Crippen LogP contribution in [0.2, 0.25) is 0 Å². The van der Waals surface area contributed by atoms with Crippen molar-refractivity contribution < 1.29 is 19.1 Å². The molecule has 0 aromatic heterocycles. The van der Waals surface area contributed by atoms with E-state index in [2.05, 4.69) is 10.4 Å². The van der Waals surface area contributed by atoms with Crippen LogP contribution in [-0.4, -0.2) is 42.1 Å². The van der Waals surface area contributed by atoms with Crippen molar-refractivity contribution in [3.05, 3.63) is 24.3 Å². The average Bonchev–Trinajstić information content (AvgIpc) is 2.48. The van der Waals surface area contributed by atoms with Crippen LogP contribution in [0.1, 0.15) is 12.8 Å². The SMILES string of the molecule is CN1N=C(C(=O)Nc2cccc(OCC(N)=O)c2)CCC1=O. The summed E-state index contributed by atoms with van der Waals surface area (Å²) < 4.78 is 5.16. The third kappa shape index (κ3) is 4.05. The van der Waals surface area contributed by atoms with Gasteiger partial charge in [-0.3, -0.25) is 14.4 Å². The molecule has 0 saturated heterocycles. The van der Waals surface area contributed by atoms with Crippen LogP contribution in [0.5, 0.6) is 5.75 Å². The van der Waals surface area contributed by atoms with Crippen LogP contribution in [0.25, 0.3) is 0 Å². The van der Waals surface area contributed by atoms with E-state index in [1.54, 1.807) is 24.3 Å². The molecule has 0 spiro atoms. The number of ether oxygens (including phenoxy) is 1. The van der Waals surface area contributed by atoms with Crippen LogP contribution >= 0.6 is 0 Å². The molecule has 1 aromatic rings. The molecule has 2 rings (SSSR count). The maximum Gasteiger partial charge on any atom is 0.271 e. The molecule has 1 aliphatic rings. The minimum absolute atomic E-state index is 0.126. The summed E-state index contributed by atoms with van der Waals surface area (Å²) >= 11 is 0. The van der Waals surface area contributed by atoms with Gasteiger partial charge in [0.25, 0.3) is 11.8 Å². The number of carbonyl (C=O) groups excluding carboxylic acids is 3. The Bertz CT molecular complexity index is 641. The largest absolute Gasteiger partial charge is 0.484 e. The summed E-state index contributed by atoms with van der Waals surface area (Å²) in [4.78, 5) is 34.1. The maximum absolute atomic E-state index is 12.1. The summed E-state index contributed by atoms with van der Waals surface area (Å²) in [6.45, 7) is -0.239. The van der Waals surface area contributed by atoms with Crippen molar-refractivity contribution in [2.45, 2.75) is 12.8 Å². The molecule has 0 atom stereocenters. The second-order valence-electron chi connectivity index (χ2n) is 4.70. The van der Waals surface area contributed by atoms with Crippen LogP contribution < -0.4 is 15.8 Å². The van der Waals surface area contributed by atoms with Gasteiger partial charge in [0.15, 0.2) is 6.61 Å². The predicted octanol–water partition coefficient (Wildman–Crippen LogP) is 0.0974. The first-order chi connectivity index (χ1) is 10.5. The average molecular weight is 304 g/mol. The number of primary amides is 1. The Labute approximate surface area is 126 Å². The standard InChI is InChI=1S/C14H16N4O4/c1-18-13(20)6-5-11(17-18)14(21)16-9-3-2-4-10(7-9)22-8-12(15)19/h2-4,7H,5-6,8H2,1H3,(H2,15,19)(H,16,21). The second kappa shape index (κ2) is 6.70. The van der Waals surface area contributed by atoms with Crippen molar-refractivity contribution in [1.29, 1.82) is 0 Å². The van der Waals surface area contributed by atoms with Crippen molar-refractivity contribution >= 4 is 29.1 Å². The molecule has 8 heteroatoms. The lowest BCUT2D eigenvalue weighted by Crippen LogP contribution is -2.34. The van der Waals surface area contributed by atoms with E-state index in [9.17, 15) is 14.4 Å². The number of nitrogens with zero attached hydrogens (tertiary/aromatic N) is 2. The van der Waals surface area contributed by atoms with Crippen LogP contribution in [-0.2, 0) is 14.4 Å². The molecule has 1 heterocycles. The number of hydrogen-bond donors (Lipinski definition) is 2. The summed E-state index contributed by atoms with van der Waals surface area (Å²) in [7, 11) is 1.51. The summed E-state index contributed by atoms with van der Waals surface area (Å²) in [6.07, 6.45) is 0.553. The fourth-order valence-corrected chi connectivity index (χ4v) is 1.85. The molecule has 0 fully saturated rings. The zero-order valence-electron chi connectivity index (χ0n) is 12.0. The Morgan fingerprint density at radius 2 is 2.18 bits per heavy atom. The molecular weight excluding hydrogens is 288 g/mol. The second-order valence-corrected chi connectivity index (χ2v) is 4.70. The van der Waals surface area contributed by atoms with Crippen molar-refractivity contribution in [1.82, 2.24) is 5.01 Å². The van der Waals surface area contributed by atoms with Crippen molar-refractivity contribution in [2.24, 2.45) is 10.8 Å². The fourth-order valence-electron chi connectivity index (χ4n) is 1.85. The van der Waals surface area contributed by atoms with E-state index in [4.69, 9.17) is 10.5 Å². The maximum atomic E-state index is 12.1. The van der Waals surface area contributed by atoms with Crippen molar-refractivity contribution in [2.75, 3.05) is 19.0 Å². The molecule has 0 unspecified atom stereocenters. The molecular formula is C14H16N4O4. The van der Waals surface area contributed by atoms with Gasteiger partial charge in [0.05, 0.1) is 0 Å². The molecule has 0 bridgehead atoms. The van der Waals surface area contributed by atoms with E-state index in [0.717, 1.165) is 5.01 Å². The Balaban J connectivity index is 2.02. The van der Waals surface area contributed by atoms with Gasteiger partial charge < -0.3 is 15.8 Å². The first kappa shape index (κ1) is 15.5. The number of carbonyl (C=O) groups is 3. The Kier molecular flexibility index (Phi) is 4.72. The Morgan fingerprint density at radius 1 is 1.41 bits per heavy atom. The Morgan fingerprint density at radius 3 is 2.86 bits per heavy atom. The topological polar surface area (TPSA) is 114 Å². The molecule has 3 N–H and O–H groups in total. The van der Waals surface area contributed by atoms with Crippen LogP contribution in [0.4, 0.5) is 5.69 Å². The van der Waals surface area contributed by atoms with Gasteiger partial charge in [0.2, 0.25) is 5.91 Å². The first-order valence-corrected chi connectivity index (χ1v) is 6.62. The lowest BCUT2D eigenvalue weighted by molar-refractivity contribution is -0.130. The lowest BCUT2D eigenvalue weighted by atomic mass is 10.1. The van der Waals surface area contributed by atoms with Gasteiger partial charge in [-0.05, 0) is 12.1 Å². The van der Waals surface area contributed by atoms with E-state index < -0.39 is 5.91 Å². The molecule has 1 aromatic carbocycles. The molecule has 22 heavy (non-hydrogen) atoms. The van der Waals surface area contributed by atoms with Gasteiger partial charge >= 0.3 is 0 Å². The summed E-state index contributed by atoms with van der Waals surface area (Å²) in [5, 5.41) is 7.77. The number of nitrogens with one attached hydrogen (secondary N) is 1. The highest BCUT2D eigenvalue weighted by Gasteiger charge is 2.22. The van der Waals surface area contributed by atoms with Crippen LogP contribution in [0.3, 0.4) is 0 Å². The van der Waals surface area contributed by atoms with Crippen molar-refractivity contribution in [3.8, 4) is 5.75 Å². The van der Waals surface area contributed by atoms with Gasteiger partial charge in [-0.15, -0.1) is 0 Å².